The zero-order chi connectivity index (χ0) is 15.9. The van der Waals surface area contributed by atoms with E-state index in [0.29, 0.717) is 39.4 Å². The van der Waals surface area contributed by atoms with Gasteiger partial charge in [-0.1, -0.05) is 0 Å². The Hall–Kier alpha value is -0.700. The Morgan fingerprint density at radius 3 is 2.24 bits per heavy atom. The van der Waals surface area contributed by atoms with Gasteiger partial charge in [-0.3, -0.25) is 9.69 Å². The number of hydrogen-bond donors (Lipinski definition) is 0. The van der Waals surface area contributed by atoms with Crippen molar-refractivity contribution in [3.05, 3.63) is 0 Å². The van der Waals surface area contributed by atoms with Gasteiger partial charge in [0.05, 0.1) is 26.0 Å². The number of ether oxygens (including phenoxy) is 1. The highest BCUT2D eigenvalue weighted by Gasteiger charge is 2.23. The van der Waals surface area contributed by atoms with Crippen molar-refractivity contribution >= 4 is 15.9 Å². The lowest BCUT2D eigenvalue weighted by Gasteiger charge is -2.29. The third-order valence-electron chi connectivity index (χ3n) is 3.67. The number of sulfonamides is 1. The molecule has 0 radical (unpaired) electrons. The van der Waals surface area contributed by atoms with Gasteiger partial charge in [0.25, 0.3) is 0 Å². The van der Waals surface area contributed by atoms with Crippen LogP contribution in [-0.4, -0.2) is 93.7 Å². The van der Waals surface area contributed by atoms with E-state index in [9.17, 15) is 13.2 Å². The van der Waals surface area contributed by atoms with E-state index in [-0.39, 0.29) is 12.5 Å². The Morgan fingerprint density at radius 2 is 1.76 bits per heavy atom. The third-order valence-corrected chi connectivity index (χ3v) is 4.92. The maximum Gasteiger partial charge on any atom is 0.237 e. The molecule has 1 rings (SSSR count). The molecule has 21 heavy (non-hydrogen) atoms. The number of rotatable bonds is 8. The topological polar surface area (TPSA) is 70.2 Å². The summed E-state index contributed by atoms with van der Waals surface area (Å²) in [5, 5.41) is 0. The van der Waals surface area contributed by atoms with Crippen LogP contribution in [0.3, 0.4) is 0 Å². The minimum atomic E-state index is -3.38. The summed E-state index contributed by atoms with van der Waals surface area (Å²) in [4.78, 5) is 15.9. The number of morpholine rings is 1. The van der Waals surface area contributed by atoms with Gasteiger partial charge in [-0.15, -0.1) is 0 Å². The van der Waals surface area contributed by atoms with Crippen molar-refractivity contribution < 1.29 is 17.9 Å². The first-order valence-electron chi connectivity index (χ1n) is 7.41. The summed E-state index contributed by atoms with van der Waals surface area (Å²) in [7, 11) is -3.38. The van der Waals surface area contributed by atoms with Crippen LogP contribution in [0.4, 0.5) is 0 Å². The number of amides is 1. The van der Waals surface area contributed by atoms with E-state index in [1.807, 2.05) is 13.8 Å². The van der Waals surface area contributed by atoms with Gasteiger partial charge in [0.15, 0.2) is 0 Å². The van der Waals surface area contributed by atoms with E-state index >= 15 is 0 Å². The second-order valence-electron chi connectivity index (χ2n) is 5.12. The molecule has 0 spiro atoms. The van der Waals surface area contributed by atoms with Gasteiger partial charge in [-0.05, 0) is 13.8 Å². The molecule has 0 bridgehead atoms. The van der Waals surface area contributed by atoms with Crippen molar-refractivity contribution in [3.8, 4) is 0 Å². The molecule has 1 aliphatic rings. The lowest BCUT2D eigenvalue weighted by atomic mass is 10.4. The smallest absolute Gasteiger partial charge is 0.237 e. The van der Waals surface area contributed by atoms with Crippen LogP contribution >= 0.6 is 0 Å². The number of nitrogens with zero attached hydrogens (tertiary/aromatic N) is 3. The molecule has 7 nitrogen and oxygen atoms in total. The van der Waals surface area contributed by atoms with E-state index < -0.39 is 10.0 Å². The minimum Gasteiger partial charge on any atom is -0.379 e. The molecule has 0 N–H and O–H groups in total. The Morgan fingerprint density at radius 1 is 1.19 bits per heavy atom. The van der Waals surface area contributed by atoms with Crippen LogP contribution in [0.1, 0.15) is 13.8 Å². The maximum absolute atomic E-state index is 12.1. The van der Waals surface area contributed by atoms with Gasteiger partial charge in [0, 0.05) is 39.3 Å². The first kappa shape index (κ1) is 18.3. The fraction of sp³-hybridized carbons (Fsp3) is 0.923. The fourth-order valence-corrected chi connectivity index (χ4v) is 3.03. The Labute approximate surface area is 127 Å². The predicted molar refractivity (Wildman–Crippen MR) is 81.6 cm³/mol. The van der Waals surface area contributed by atoms with Crippen LogP contribution in [0.25, 0.3) is 0 Å². The molecular weight excluding hydrogens is 294 g/mol. The largest absolute Gasteiger partial charge is 0.379 e. The molecule has 0 aliphatic carbocycles. The Kier molecular flexibility index (Phi) is 7.58. The molecule has 1 amide bonds. The highest BCUT2D eigenvalue weighted by Crippen LogP contribution is 2.03. The first-order valence-corrected chi connectivity index (χ1v) is 9.26. The number of carbonyl (C=O) groups is 1. The third kappa shape index (κ3) is 6.29. The molecule has 0 aromatic rings. The standard InChI is InChI=1S/C13H27N3O4S/c1-4-15(5-2)13(17)12-16(21(3,18)19)7-6-14-8-10-20-11-9-14/h4-12H2,1-3H3. The minimum absolute atomic E-state index is 0.0785. The summed E-state index contributed by atoms with van der Waals surface area (Å²) < 4.78 is 30.2. The van der Waals surface area contributed by atoms with Crippen LogP contribution in [0, 0.1) is 0 Å². The van der Waals surface area contributed by atoms with Gasteiger partial charge < -0.3 is 9.64 Å². The highest BCUT2D eigenvalue weighted by atomic mass is 32.2. The van der Waals surface area contributed by atoms with E-state index in [1.54, 1.807) is 4.90 Å². The Balaban J connectivity index is 2.57. The van der Waals surface area contributed by atoms with Crippen LogP contribution in [0.5, 0.6) is 0 Å². The summed E-state index contributed by atoms with van der Waals surface area (Å²) in [6.07, 6.45) is 1.15. The molecule has 0 atom stereocenters. The van der Waals surface area contributed by atoms with Gasteiger partial charge >= 0.3 is 0 Å². The lowest BCUT2D eigenvalue weighted by Crippen LogP contribution is -2.46. The molecule has 0 saturated carbocycles. The zero-order valence-corrected chi connectivity index (χ0v) is 14.1. The SMILES string of the molecule is CCN(CC)C(=O)CN(CCN1CCOCC1)S(C)(=O)=O. The van der Waals surface area contributed by atoms with E-state index in [1.165, 1.54) is 4.31 Å². The summed E-state index contributed by atoms with van der Waals surface area (Å²) in [6.45, 7) is 8.82. The molecule has 1 saturated heterocycles. The monoisotopic (exact) mass is 321 g/mol. The van der Waals surface area contributed by atoms with Crippen molar-refractivity contribution in [3.63, 3.8) is 0 Å². The van der Waals surface area contributed by atoms with Gasteiger partial charge in [0.1, 0.15) is 0 Å². The average Bonchev–Trinajstić information content (AvgIpc) is 2.44. The zero-order valence-electron chi connectivity index (χ0n) is 13.2. The summed E-state index contributed by atoms with van der Waals surface area (Å²) in [5.74, 6) is -0.146. The van der Waals surface area contributed by atoms with Gasteiger partial charge in [-0.2, -0.15) is 4.31 Å². The number of carbonyl (C=O) groups excluding carboxylic acids is 1. The number of likely N-dealkylation sites (N-methyl/N-ethyl adjacent to an activating group) is 1. The van der Waals surface area contributed by atoms with Crippen molar-refractivity contribution in [2.24, 2.45) is 0 Å². The van der Waals surface area contributed by atoms with Crippen molar-refractivity contribution in [1.82, 2.24) is 14.1 Å². The Bertz CT molecular complexity index is 417. The molecule has 1 aliphatic heterocycles. The van der Waals surface area contributed by atoms with E-state index in [0.717, 1.165) is 19.3 Å². The molecule has 0 unspecified atom stereocenters. The van der Waals surface area contributed by atoms with E-state index in [4.69, 9.17) is 4.74 Å². The normalized spacial score (nSPS) is 17.1. The van der Waals surface area contributed by atoms with Gasteiger partial charge in [-0.25, -0.2) is 8.42 Å². The molecule has 8 heteroatoms. The van der Waals surface area contributed by atoms with Crippen LogP contribution in [0.2, 0.25) is 0 Å². The van der Waals surface area contributed by atoms with Crippen molar-refractivity contribution in [2.75, 3.05) is 65.3 Å². The summed E-state index contributed by atoms with van der Waals surface area (Å²) in [6, 6.07) is 0. The van der Waals surface area contributed by atoms with Crippen LogP contribution in [-0.2, 0) is 19.6 Å². The number of hydrogen-bond acceptors (Lipinski definition) is 5. The molecule has 1 heterocycles. The fourth-order valence-electron chi connectivity index (χ4n) is 2.27. The molecule has 1 fully saturated rings. The van der Waals surface area contributed by atoms with E-state index in [2.05, 4.69) is 4.90 Å². The average molecular weight is 321 g/mol. The first-order chi connectivity index (χ1) is 9.88. The summed E-state index contributed by atoms with van der Waals surface area (Å²) in [5.41, 5.74) is 0. The second-order valence-corrected chi connectivity index (χ2v) is 7.10. The second kappa shape index (κ2) is 8.67. The summed E-state index contributed by atoms with van der Waals surface area (Å²) >= 11 is 0. The molecule has 0 aromatic heterocycles. The lowest BCUT2D eigenvalue weighted by molar-refractivity contribution is -0.131. The predicted octanol–water partition coefficient (Wildman–Crippen LogP) is -0.551. The van der Waals surface area contributed by atoms with Crippen LogP contribution in [0.15, 0.2) is 0 Å². The molecule has 0 aromatic carbocycles. The highest BCUT2D eigenvalue weighted by molar-refractivity contribution is 7.88. The quantitative estimate of drug-likeness (QED) is 0.600. The van der Waals surface area contributed by atoms with Crippen molar-refractivity contribution in [2.45, 2.75) is 13.8 Å². The molecular formula is C13H27N3O4S. The van der Waals surface area contributed by atoms with Crippen molar-refractivity contribution in [1.29, 1.82) is 0 Å². The van der Waals surface area contributed by atoms with Gasteiger partial charge in [0.2, 0.25) is 15.9 Å². The van der Waals surface area contributed by atoms with Crippen LogP contribution < -0.4 is 0 Å². The molecule has 124 valence electrons. The maximum atomic E-state index is 12.1.